The van der Waals surface area contributed by atoms with E-state index in [0.29, 0.717) is 12.8 Å². The third-order valence-corrected chi connectivity index (χ3v) is 3.00. The van der Waals surface area contributed by atoms with E-state index in [2.05, 4.69) is 12.2 Å². The quantitative estimate of drug-likeness (QED) is 0.524. The summed E-state index contributed by atoms with van der Waals surface area (Å²) < 4.78 is 0. The second-order valence-electron chi connectivity index (χ2n) is 5.46. The Morgan fingerprint density at radius 2 is 1.84 bits per heavy atom. The molecule has 5 nitrogen and oxygen atoms in total. The van der Waals surface area contributed by atoms with Gasteiger partial charge in [-0.15, -0.1) is 0 Å². The molecule has 0 radical (unpaired) electrons. The number of unbranched alkanes of at least 4 members (excludes halogenated alkanes) is 3. The third kappa shape index (κ3) is 8.59. The Kier molecular flexibility index (Phi) is 9.21. The first-order valence-electron chi connectivity index (χ1n) is 7.16. The van der Waals surface area contributed by atoms with Gasteiger partial charge < -0.3 is 16.2 Å². The van der Waals surface area contributed by atoms with Crippen LogP contribution in [0.2, 0.25) is 0 Å². The minimum atomic E-state index is -1.07. The fraction of sp³-hybridized carbons (Fsp3) is 0.857. The molecule has 19 heavy (non-hydrogen) atoms. The first kappa shape index (κ1) is 17.9. The van der Waals surface area contributed by atoms with Crippen molar-refractivity contribution in [2.45, 2.75) is 71.4 Å². The number of hydrogen-bond donors (Lipinski definition) is 3. The van der Waals surface area contributed by atoms with Crippen LogP contribution < -0.4 is 11.1 Å². The van der Waals surface area contributed by atoms with E-state index in [0.717, 1.165) is 25.7 Å². The van der Waals surface area contributed by atoms with Gasteiger partial charge in [-0.05, 0) is 18.8 Å². The summed E-state index contributed by atoms with van der Waals surface area (Å²) in [5, 5.41) is 12.2. The number of primary amides is 1. The first-order valence-corrected chi connectivity index (χ1v) is 7.16. The maximum absolute atomic E-state index is 11.7. The van der Waals surface area contributed by atoms with Crippen molar-refractivity contribution in [3.63, 3.8) is 0 Å². The van der Waals surface area contributed by atoms with Gasteiger partial charge in [-0.25, -0.2) is 0 Å². The van der Waals surface area contributed by atoms with Crippen molar-refractivity contribution >= 4 is 11.8 Å². The summed E-state index contributed by atoms with van der Waals surface area (Å²) >= 11 is 0. The van der Waals surface area contributed by atoms with Crippen molar-refractivity contribution < 1.29 is 14.7 Å². The summed E-state index contributed by atoms with van der Waals surface area (Å²) in [5.41, 5.74) is 5.27. The number of amides is 2. The number of carbonyl (C=O) groups excluding carboxylic acids is 2. The van der Waals surface area contributed by atoms with Gasteiger partial charge >= 0.3 is 0 Å². The van der Waals surface area contributed by atoms with Gasteiger partial charge in [0.2, 0.25) is 11.8 Å². The van der Waals surface area contributed by atoms with Crippen LogP contribution in [-0.2, 0) is 9.59 Å². The molecule has 0 aliphatic rings. The zero-order valence-corrected chi connectivity index (χ0v) is 12.3. The van der Waals surface area contributed by atoms with E-state index >= 15 is 0 Å². The Labute approximate surface area is 115 Å². The SMILES string of the molecule is CCCCCC[C@@H](NC(=O)[C@@H](O)CC(C)C)C(N)=O. The second-order valence-corrected chi connectivity index (χ2v) is 5.46. The summed E-state index contributed by atoms with van der Waals surface area (Å²) in [6.45, 7) is 5.95. The number of aliphatic hydroxyl groups excluding tert-OH is 1. The van der Waals surface area contributed by atoms with Crippen molar-refractivity contribution in [1.29, 1.82) is 0 Å². The Balaban J connectivity index is 4.18. The van der Waals surface area contributed by atoms with Gasteiger partial charge in [-0.2, -0.15) is 0 Å². The molecule has 0 bridgehead atoms. The maximum Gasteiger partial charge on any atom is 0.249 e. The summed E-state index contributed by atoms with van der Waals surface area (Å²) in [5.74, 6) is -0.827. The molecule has 0 fully saturated rings. The molecule has 0 rings (SSSR count). The van der Waals surface area contributed by atoms with E-state index in [9.17, 15) is 14.7 Å². The zero-order valence-electron chi connectivity index (χ0n) is 12.3. The van der Waals surface area contributed by atoms with Crippen LogP contribution in [0.25, 0.3) is 0 Å². The minimum Gasteiger partial charge on any atom is -0.383 e. The Morgan fingerprint density at radius 1 is 1.21 bits per heavy atom. The summed E-state index contributed by atoms with van der Waals surface area (Å²) in [4.78, 5) is 23.0. The van der Waals surface area contributed by atoms with Gasteiger partial charge in [0, 0.05) is 0 Å². The number of rotatable bonds is 10. The van der Waals surface area contributed by atoms with Crippen LogP contribution in [0.1, 0.15) is 59.3 Å². The van der Waals surface area contributed by atoms with Crippen LogP contribution in [-0.4, -0.2) is 29.1 Å². The van der Waals surface area contributed by atoms with Crippen LogP contribution in [0.4, 0.5) is 0 Å². The fourth-order valence-corrected chi connectivity index (χ4v) is 1.88. The number of aliphatic hydroxyl groups is 1. The van der Waals surface area contributed by atoms with Crippen LogP contribution in [0, 0.1) is 5.92 Å². The Morgan fingerprint density at radius 3 is 2.32 bits per heavy atom. The fourth-order valence-electron chi connectivity index (χ4n) is 1.88. The molecule has 2 amide bonds. The van der Waals surface area contributed by atoms with Gasteiger partial charge in [0.25, 0.3) is 0 Å². The average molecular weight is 272 g/mol. The molecular weight excluding hydrogens is 244 g/mol. The van der Waals surface area contributed by atoms with Crippen molar-refractivity contribution in [2.24, 2.45) is 11.7 Å². The summed E-state index contributed by atoms with van der Waals surface area (Å²) in [7, 11) is 0. The molecule has 0 spiro atoms. The predicted octanol–water partition coefficient (Wildman–Crippen LogP) is 1.33. The van der Waals surface area contributed by atoms with E-state index in [1.165, 1.54) is 0 Å². The van der Waals surface area contributed by atoms with E-state index in [-0.39, 0.29) is 5.92 Å². The van der Waals surface area contributed by atoms with Crippen molar-refractivity contribution in [3.8, 4) is 0 Å². The summed E-state index contributed by atoms with van der Waals surface area (Å²) in [6.07, 6.45) is 3.93. The highest BCUT2D eigenvalue weighted by molar-refractivity contribution is 5.88. The first-order chi connectivity index (χ1) is 8.88. The maximum atomic E-state index is 11.7. The number of nitrogens with two attached hydrogens (primary N) is 1. The highest BCUT2D eigenvalue weighted by Gasteiger charge is 2.22. The van der Waals surface area contributed by atoms with Gasteiger partial charge in [-0.3, -0.25) is 9.59 Å². The lowest BCUT2D eigenvalue weighted by Gasteiger charge is -2.18. The van der Waals surface area contributed by atoms with Gasteiger partial charge in [0.15, 0.2) is 0 Å². The van der Waals surface area contributed by atoms with Gasteiger partial charge in [0.05, 0.1) is 0 Å². The largest absolute Gasteiger partial charge is 0.383 e. The number of nitrogens with one attached hydrogen (secondary N) is 1. The normalized spacial score (nSPS) is 14.2. The van der Waals surface area contributed by atoms with E-state index < -0.39 is 24.0 Å². The smallest absolute Gasteiger partial charge is 0.249 e. The molecule has 0 unspecified atom stereocenters. The molecule has 0 aliphatic heterocycles. The molecule has 0 heterocycles. The molecule has 5 heteroatoms. The molecule has 0 saturated heterocycles. The van der Waals surface area contributed by atoms with Gasteiger partial charge in [0.1, 0.15) is 12.1 Å². The summed E-state index contributed by atoms with van der Waals surface area (Å²) in [6, 6.07) is -0.675. The van der Waals surface area contributed by atoms with E-state index in [1.54, 1.807) is 0 Å². The Bertz CT molecular complexity index is 280. The highest BCUT2D eigenvalue weighted by atomic mass is 16.3. The van der Waals surface area contributed by atoms with Crippen LogP contribution in [0.3, 0.4) is 0 Å². The standard InChI is InChI=1S/C14H28N2O3/c1-4-5-6-7-8-11(13(15)18)16-14(19)12(17)9-10(2)3/h10-12,17H,4-9H2,1-3H3,(H2,15,18)(H,16,19)/t11-,12+/m1/s1. The number of carbonyl (C=O) groups is 2. The molecule has 2 atom stereocenters. The van der Waals surface area contributed by atoms with E-state index in [1.807, 2.05) is 13.8 Å². The van der Waals surface area contributed by atoms with Gasteiger partial charge in [-0.1, -0.05) is 46.5 Å². The van der Waals surface area contributed by atoms with Crippen molar-refractivity contribution in [2.75, 3.05) is 0 Å². The molecular formula is C14H28N2O3. The Hall–Kier alpha value is -1.10. The van der Waals surface area contributed by atoms with E-state index in [4.69, 9.17) is 5.73 Å². The highest BCUT2D eigenvalue weighted by Crippen LogP contribution is 2.08. The second kappa shape index (κ2) is 9.78. The molecule has 0 aromatic rings. The molecule has 0 aromatic heterocycles. The van der Waals surface area contributed by atoms with Crippen molar-refractivity contribution in [1.82, 2.24) is 5.32 Å². The minimum absolute atomic E-state index is 0.220. The van der Waals surface area contributed by atoms with Crippen molar-refractivity contribution in [3.05, 3.63) is 0 Å². The lowest BCUT2D eigenvalue weighted by atomic mass is 10.0. The molecule has 112 valence electrons. The number of hydrogen-bond acceptors (Lipinski definition) is 3. The lowest BCUT2D eigenvalue weighted by Crippen LogP contribution is -2.48. The zero-order chi connectivity index (χ0) is 14.8. The van der Waals surface area contributed by atoms with Crippen LogP contribution >= 0.6 is 0 Å². The molecule has 0 aromatic carbocycles. The predicted molar refractivity (Wildman–Crippen MR) is 75.3 cm³/mol. The van der Waals surface area contributed by atoms with Crippen LogP contribution in [0.5, 0.6) is 0 Å². The van der Waals surface area contributed by atoms with Crippen LogP contribution in [0.15, 0.2) is 0 Å². The molecule has 0 saturated carbocycles. The monoisotopic (exact) mass is 272 g/mol. The molecule has 0 aliphatic carbocycles. The topological polar surface area (TPSA) is 92.4 Å². The lowest BCUT2D eigenvalue weighted by molar-refractivity contribution is -0.133. The molecule has 4 N–H and O–H groups in total. The average Bonchev–Trinajstić information content (AvgIpc) is 2.31. The third-order valence-electron chi connectivity index (χ3n) is 3.00.